The van der Waals surface area contributed by atoms with Gasteiger partial charge in [-0.3, -0.25) is 14.5 Å². The SMILES string of the molecule is Cc1ccc(NC(=O)CN2CCNC(=O)CC2)c(N)c1. The molecule has 0 atom stereocenters. The van der Waals surface area contributed by atoms with E-state index in [0.29, 0.717) is 37.4 Å². The molecule has 2 amide bonds. The van der Waals surface area contributed by atoms with Crippen LogP contribution in [0.15, 0.2) is 18.2 Å². The molecule has 0 aromatic heterocycles. The molecule has 20 heavy (non-hydrogen) atoms. The molecule has 6 heteroatoms. The topological polar surface area (TPSA) is 87.5 Å². The van der Waals surface area contributed by atoms with Gasteiger partial charge in [-0.1, -0.05) is 6.07 Å². The quantitative estimate of drug-likeness (QED) is 0.695. The molecule has 1 saturated heterocycles. The lowest BCUT2D eigenvalue weighted by Crippen LogP contribution is -2.35. The van der Waals surface area contributed by atoms with Crippen LogP contribution in [0.25, 0.3) is 0 Å². The van der Waals surface area contributed by atoms with Crippen LogP contribution < -0.4 is 16.4 Å². The minimum Gasteiger partial charge on any atom is -0.397 e. The van der Waals surface area contributed by atoms with E-state index in [-0.39, 0.29) is 18.4 Å². The van der Waals surface area contributed by atoms with Crippen LogP contribution in [0.2, 0.25) is 0 Å². The third-order valence-electron chi connectivity index (χ3n) is 3.25. The van der Waals surface area contributed by atoms with Gasteiger partial charge in [-0.2, -0.15) is 0 Å². The molecule has 0 bridgehead atoms. The van der Waals surface area contributed by atoms with Crippen molar-refractivity contribution in [1.29, 1.82) is 0 Å². The van der Waals surface area contributed by atoms with Gasteiger partial charge in [0.2, 0.25) is 11.8 Å². The van der Waals surface area contributed by atoms with Crippen molar-refractivity contribution in [3.63, 3.8) is 0 Å². The van der Waals surface area contributed by atoms with E-state index in [2.05, 4.69) is 10.6 Å². The highest BCUT2D eigenvalue weighted by Gasteiger charge is 2.16. The van der Waals surface area contributed by atoms with E-state index < -0.39 is 0 Å². The van der Waals surface area contributed by atoms with Crippen molar-refractivity contribution in [2.45, 2.75) is 13.3 Å². The molecule has 1 fully saturated rings. The molecule has 6 nitrogen and oxygen atoms in total. The smallest absolute Gasteiger partial charge is 0.238 e. The Hall–Kier alpha value is -2.08. The first-order chi connectivity index (χ1) is 9.54. The average Bonchev–Trinajstić information content (AvgIpc) is 2.58. The maximum Gasteiger partial charge on any atom is 0.238 e. The maximum atomic E-state index is 12.0. The Kier molecular flexibility index (Phi) is 4.57. The number of nitrogens with two attached hydrogens (primary N) is 1. The number of carbonyl (C=O) groups is 2. The fourth-order valence-electron chi connectivity index (χ4n) is 2.16. The Labute approximate surface area is 118 Å². The lowest BCUT2D eigenvalue weighted by Gasteiger charge is -2.18. The highest BCUT2D eigenvalue weighted by molar-refractivity contribution is 5.95. The van der Waals surface area contributed by atoms with Crippen LogP contribution in [0.5, 0.6) is 0 Å². The zero-order valence-corrected chi connectivity index (χ0v) is 11.6. The maximum absolute atomic E-state index is 12.0. The largest absolute Gasteiger partial charge is 0.397 e. The Morgan fingerprint density at radius 3 is 3.00 bits per heavy atom. The van der Waals surface area contributed by atoms with Crippen molar-refractivity contribution >= 4 is 23.2 Å². The summed E-state index contributed by atoms with van der Waals surface area (Å²) in [6, 6.07) is 5.53. The minimum absolute atomic E-state index is 0.0377. The minimum atomic E-state index is -0.116. The van der Waals surface area contributed by atoms with Crippen molar-refractivity contribution < 1.29 is 9.59 Å². The number of benzene rings is 1. The second-order valence-corrected chi connectivity index (χ2v) is 5.01. The number of amides is 2. The summed E-state index contributed by atoms with van der Waals surface area (Å²) < 4.78 is 0. The molecular formula is C14H20N4O2. The third kappa shape index (κ3) is 3.96. The molecule has 2 rings (SSSR count). The molecule has 1 aliphatic rings. The molecule has 0 spiro atoms. The summed E-state index contributed by atoms with van der Waals surface area (Å²) >= 11 is 0. The van der Waals surface area contributed by atoms with E-state index >= 15 is 0 Å². The highest BCUT2D eigenvalue weighted by atomic mass is 16.2. The van der Waals surface area contributed by atoms with Gasteiger partial charge in [0.1, 0.15) is 0 Å². The number of hydrogen-bond acceptors (Lipinski definition) is 4. The molecule has 1 heterocycles. The van der Waals surface area contributed by atoms with Crippen LogP contribution >= 0.6 is 0 Å². The van der Waals surface area contributed by atoms with Gasteiger partial charge in [-0.05, 0) is 24.6 Å². The van der Waals surface area contributed by atoms with Gasteiger partial charge >= 0.3 is 0 Å². The van der Waals surface area contributed by atoms with E-state index in [4.69, 9.17) is 5.73 Å². The van der Waals surface area contributed by atoms with Crippen molar-refractivity contribution in [2.24, 2.45) is 0 Å². The first-order valence-electron chi connectivity index (χ1n) is 6.69. The van der Waals surface area contributed by atoms with Crippen LogP contribution in [0, 0.1) is 6.92 Å². The molecule has 0 radical (unpaired) electrons. The van der Waals surface area contributed by atoms with Gasteiger partial charge in [0.15, 0.2) is 0 Å². The zero-order chi connectivity index (χ0) is 14.5. The predicted octanol–water partition coefficient (Wildman–Crippen LogP) is 0.338. The zero-order valence-electron chi connectivity index (χ0n) is 11.6. The number of nitrogen functional groups attached to an aromatic ring is 1. The Morgan fingerprint density at radius 2 is 2.25 bits per heavy atom. The summed E-state index contributed by atoms with van der Waals surface area (Å²) in [4.78, 5) is 25.2. The molecule has 1 aromatic carbocycles. The molecule has 1 aromatic rings. The average molecular weight is 276 g/mol. The number of hydrogen-bond donors (Lipinski definition) is 3. The second-order valence-electron chi connectivity index (χ2n) is 5.01. The lowest BCUT2D eigenvalue weighted by atomic mass is 10.2. The first kappa shape index (κ1) is 14.3. The summed E-state index contributed by atoms with van der Waals surface area (Å²) in [5.41, 5.74) is 8.11. The molecule has 0 saturated carbocycles. The summed E-state index contributed by atoms with van der Waals surface area (Å²) in [6.45, 7) is 4.08. The van der Waals surface area contributed by atoms with Crippen molar-refractivity contribution in [2.75, 3.05) is 37.2 Å². The number of nitrogens with zero attached hydrogens (tertiary/aromatic N) is 1. The van der Waals surface area contributed by atoms with E-state index in [1.165, 1.54) is 0 Å². The monoisotopic (exact) mass is 276 g/mol. The first-order valence-corrected chi connectivity index (χ1v) is 6.69. The summed E-state index contributed by atoms with van der Waals surface area (Å²) in [7, 11) is 0. The van der Waals surface area contributed by atoms with Crippen LogP contribution in [-0.4, -0.2) is 42.9 Å². The standard InChI is InChI=1S/C14H20N4O2/c1-10-2-3-12(11(15)8-10)17-14(20)9-18-6-4-13(19)16-5-7-18/h2-3,8H,4-7,9,15H2,1H3,(H,16,19)(H,17,20). The van der Waals surface area contributed by atoms with Crippen molar-refractivity contribution in [3.8, 4) is 0 Å². The Bertz CT molecular complexity index is 516. The van der Waals surface area contributed by atoms with Crippen molar-refractivity contribution in [1.82, 2.24) is 10.2 Å². The van der Waals surface area contributed by atoms with E-state index in [9.17, 15) is 9.59 Å². The molecular weight excluding hydrogens is 256 g/mol. The van der Waals surface area contributed by atoms with E-state index in [1.807, 2.05) is 24.0 Å². The fraction of sp³-hybridized carbons (Fsp3) is 0.429. The van der Waals surface area contributed by atoms with Gasteiger partial charge in [-0.25, -0.2) is 0 Å². The summed E-state index contributed by atoms with van der Waals surface area (Å²) in [6.07, 6.45) is 0.431. The van der Waals surface area contributed by atoms with Crippen LogP contribution in [0.3, 0.4) is 0 Å². The molecule has 4 N–H and O–H groups in total. The number of aryl methyl sites for hydroxylation is 1. The van der Waals surface area contributed by atoms with Crippen molar-refractivity contribution in [3.05, 3.63) is 23.8 Å². The number of anilines is 2. The lowest BCUT2D eigenvalue weighted by molar-refractivity contribution is -0.121. The summed E-state index contributed by atoms with van der Waals surface area (Å²) in [5, 5.41) is 5.59. The van der Waals surface area contributed by atoms with Gasteiger partial charge in [-0.15, -0.1) is 0 Å². The fourth-order valence-corrected chi connectivity index (χ4v) is 2.16. The van der Waals surface area contributed by atoms with E-state index in [0.717, 1.165) is 5.56 Å². The Balaban J connectivity index is 1.90. The Morgan fingerprint density at radius 1 is 1.45 bits per heavy atom. The second kappa shape index (κ2) is 6.38. The molecule has 0 unspecified atom stereocenters. The van der Waals surface area contributed by atoms with Crippen LogP contribution in [0.1, 0.15) is 12.0 Å². The summed E-state index contributed by atoms with van der Waals surface area (Å²) in [5.74, 6) is -0.0782. The van der Waals surface area contributed by atoms with Crippen LogP contribution in [-0.2, 0) is 9.59 Å². The van der Waals surface area contributed by atoms with Gasteiger partial charge in [0.05, 0.1) is 17.9 Å². The number of carbonyl (C=O) groups excluding carboxylic acids is 2. The van der Waals surface area contributed by atoms with Crippen LogP contribution in [0.4, 0.5) is 11.4 Å². The predicted molar refractivity (Wildman–Crippen MR) is 78.3 cm³/mol. The molecule has 108 valence electrons. The molecule has 0 aliphatic carbocycles. The number of nitrogens with one attached hydrogen (secondary N) is 2. The third-order valence-corrected chi connectivity index (χ3v) is 3.25. The highest BCUT2D eigenvalue weighted by Crippen LogP contribution is 2.19. The normalized spacial score (nSPS) is 16.4. The van der Waals surface area contributed by atoms with Gasteiger partial charge in [0, 0.05) is 26.1 Å². The van der Waals surface area contributed by atoms with E-state index in [1.54, 1.807) is 6.07 Å². The molecule has 1 aliphatic heterocycles. The van der Waals surface area contributed by atoms with Gasteiger partial charge < -0.3 is 16.4 Å². The van der Waals surface area contributed by atoms with Gasteiger partial charge in [0.25, 0.3) is 0 Å². The number of rotatable bonds is 3.